The van der Waals surface area contributed by atoms with E-state index in [-0.39, 0.29) is 11.7 Å². The van der Waals surface area contributed by atoms with Crippen molar-refractivity contribution in [3.05, 3.63) is 101 Å². The van der Waals surface area contributed by atoms with Crippen molar-refractivity contribution in [2.75, 3.05) is 12.0 Å². The Kier molecular flexibility index (Phi) is 5.97. The lowest BCUT2D eigenvalue weighted by Crippen LogP contribution is -2.46. The molecule has 2 heterocycles. The highest BCUT2D eigenvalue weighted by Crippen LogP contribution is 2.39. The van der Waals surface area contributed by atoms with Gasteiger partial charge < -0.3 is 14.6 Å². The van der Waals surface area contributed by atoms with Crippen LogP contribution in [0.4, 0.5) is 19.3 Å². The van der Waals surface area contributed by atoms with Crippen molar-refractivity contribution >= 4 is 17.3 Å². The smallest absolute Gasteiger partial charge is 0.326 e. The first-order valence-electron chi connectivity index (χ1n) is 11.2. The summed E-state index contributed by atoms with van der Waals surface area (Å²) in [6.45, 7) is 3.38. The fourth-order valence-corrected chi connectivity index (χ4v) is 4.19. The van der Waals surface area contributed by atoms with E-state index in [9.17, 15) is 13.6 Å². The van der Waals surface area contributed by atoms with Gasteiger partial charge in [0.1, 0.15) is 17.4 Å². The summed E-state index contributed by atoms with van der Waals surface area (Å²) in [5.74, 6) is 0.468. The zero-order valence-corrected chi connectivity index (χ0v) is 19.8. The van der Waals surface area contributed by atoms with Crippen LogP contribution in [-0.4, -0.2) is 23.3 Å². The number of nitrogens with zero attached hydrogens (tertiary/aromatic N) is 3. The summed E-state index contributed by atoms with van der Waals surface area (Å²) in [4.78, 5) is 19.3. The van der Waals surface area contributed by atoms with Crippen LogP contribution in [0, 0.1) is 18.6 Å². The maximum Gasteiger partial charge on any atom is 0.326 e. The maximum atomic E-state index is 13.9. The molecule has 0 saturated heterocycles. The van der Waals surface area contributed by atoms with E-state index in [1.54, 1.807) is 51.3 Å². The number of urea groups is 1. The zero-order chi connectivity index (χ0) is 25.4. The number of aromatic nitrogens is 2. The molecule has 4 aromatic rings. The number of methoxy groups -OCH3 is 1. The number of aryl methyl sites for hydroxylation is 1. The van der Waals surface area contributed by atoms with Crippen LogP contribution in [0.15, 0.2) is 77.0 Å². The zero-order valence-electron chi connectivity index (χ0n) is 19.8. The molecular weight excluding hydrogens is 466 g/mol. The van der Waals surface area contributed by atoms with Crippen molar-refractivity contribution in [2.45, 2.75) is 19.9 Å². The molecule has 0 radical (unpaired) electrons. The number of nitrogens with one attached hydrogen (secondary N) is 1. The van der Waals surface area contributed by atoms with Crippen LogP contribution in [0.3, 0.4) is 0 Å². The van der Waals surface area contributed by atoms with E-state index in [0.29, 0.717) is 45.2 Å². The number of hydrogen-bond acceptors (Lipinski definition) is 5. The van der Waals surface area contributed by atoms with Gasteiger partial charge in [-0.2, -0.15) is 4.98 Å². The van der Waals surface area contributed by atoms with E-state index in [4.69, 9.17) is 9.26 Å². The molecule has 2 amide bonds. The minimum absolute atomic E-state index is 0.191. The molecule has 1 aromatic heterocycles. The third-order valence-electron chi connectivity index (χ3n) is 6.09. The number of hydrogen-bond donors (Lipinski definition) is 1. The summed E-state index contributed by atoms with van der Waals surface area (Å²) in [6, 6.07) is 16.3. The van der Waals surface area contributed by atoms with E-state index in [1.807, 2.05) is 12.1 Å². The Balaban J connectivity index is 1.64. The van der Waals surface area contributed by atoms with E-state index < -0.39 is 17.9 Å². The largest absolute Gasteiger partial charge is 0.497 e. The molecule has 1 atom stereocenters. The lowest BCUT2D eigenvalue weighted by atomic mass is 9.94. The van der Waals surface area contributed by atoms with Crippen molar-refractivity contribution in [2.24, 2.45) is 0 Å². The summed E-state index contributed by atoms with van der Waals surface area (Å²) in [5.41, 5.74) is 3.29. The van der Waals surface area contributed by atoms with Gasteiger partial charge in [0.15, 0.2) is 0 Å². The first-order chi connectivity index (χ1) is 17.4. The Bertz CT molecular complexity index is 1460. The molecule has 1 N–H and O–H groups in total. The third kappa shape index (κ3) is 4.19. The second-order valence-corrected chi connectivity index (χ2v) is 8.35. The summed E-state index contributed by atoms with van der Waals surface area (Å²) >= 11 is 0. The first kappa shape index (κ1) is 23.2. The third-order valence-corrected chi connectivity index (χ3v) is 6.09. The van der Waals surface area contributed by atoms with Gasteiger partial charge in [-0.25, -0.2) is 13.6 Å². The summed E-state index contributed by atoms with van der Waals surface area (Å²) in [7, 11) is 1.58. The quantitative estimate of drug-likeness (QED) is 0.371. The van der Waals surface area contributed by atoms with Crippen LogP contribution in [0.2, 0.25) is 0 Å². The number of benzene rings is 3. The number of amides is 2. The lowest BCUT2D eigenvalue weighted by molar-refractivity contribution is 0.244. The highest BCUT2D eigenvalue weighted by atomic mass is 19.1. The SMILES string of the molecule is COc1ccc(-c2noc(C3=C(C)N(c4ccc(F)c(C)c4)C(=O)NC3c3ccc(F)cc3)n2)cc1. The van der Waals surface area contributed by atoms with E-state index >= 15 is 0 Å². The Labute approximate surface area is 206 Å². The van der Waals surface area contributed by atoms with Gasteiger partial charge in [-0.1, -0.05) is 17.3 Å². The van der Waals surface area contributed by atoms with Gasteiger partial charge in [-0.15, -0.1) is 0 Å². The van der Waals surface area contributed by atoms with Gasteiger partial charge in [0, 0.05) is 11.3 Å². The first-order valence-corrected chi connectivity index (χ1v) is 11.2. The van der Waals surface area contributed by atoms with Gasteiger partial charge in [0.2, 0.25) is 5.82 Å². The number of anilines is 1. The molecule has 0 spiro atoms. The standard InChI is InChI=1S/C27H22F2N4O3/c1-15-14-20(10-13-22(15)29)33-16(2)23(24(30-27(33)34)17-4-8-19(28)9-5-17)26-31-25(32-36-26)18-6-11-21(35-3)12-7-18/h4-14,24H,1-3H3,(H,30,34). The minimum atomic E-state index is -0.680. The van der Waals surface area contributed by atoms with E-state index in [0.717, 1.165) is 0 Å². The van der Waals surface area contributed by atoms with Gasteiger partial charge >= 0.3 is 6.03 Å². The lowest BCUT2D eigenvalue weighted by Gasteiger charge is -2.35. The molecule has 1 aliphatic heterocycles. The Hall–Kier alpha value is -4.53. The summed E-state index contributed by atoms with van der Waals surface area (Å²) in [6.07, 6.45) is 0. The highest BCUT2D eigenvalue weighted by Gasteiger charge is 2.36. The molecule has 0 aliphatic carbocycles. The van der Waals surface area contributed by atoms with Crippen LogP contribution < -0.4 is 15.0 Å². The van der Waals surface area contributed by atoms with Crippen LogP contribution in [-0.2, 0) is 0 Å². The maximum absolute atomic E-state index is 13.9. The molecule has 7 nitrogen and oxygen atoms in total. The number of carbonyl (C=O) groups excluding carboxylic acids is 1. The average Bonchev–Trinajstić information content (AvgIpc) is 3.36. The fraction of sp³-hybridized carbons (Fsp3) is 0.148. The number of halogens is 2. The van der Waals surface area contributed by atoms with Gasteiger partial charge in [-0.3, -0.25) is 4.90 Å². The number of rotatable bonds is 5. The predicted molar refractivity (Wildman–Crippen MR) is 130 cm³/mol. The highest BCUT2D eigenvalue weighted by molar-refractivity contribution is 6.01. The van der Waals surface area contributed by atoms with Crippen LogP contribution in [0.25, 0.3) is 17.0 Å². The molecule has 0 saturated carbocycles. The Morgan fingerprint density at radius 3 is 2.39 bits per heavy atom. The number of ether oxygens (including phenoxy) is 1. The molecular formula is C27H22F2N4O3. The second-order valence-electron chi connectivity index (χ2n) is 8.35. The molecule has 36 heavy (non-hydrogen) atoms. The molecule has 9 heteroatoms. The van der Waals surface area contributed by atoms with Crippen molar-refractivity contribution in [1.29, 1.82) is 0 Å². The number of carbonyl (C=O) groups is 1. The van der Waals surface area contributed by atoms with Gasteiger partial charge in [-0.05, 0) is 79.6 Å². The summed E-state index contributed by atoms with van der Waals surface area (Å²) < 4.78 is 38.4. The topological polar surface area (TPSA) is 80.5 Å². The molecule has 182 valence electrons. The van der Waals surface area contributed by atoms with E-state index in [1.165, 1.54) is 29.2 Å². The fourth-order valence-electron chi connectivity index (χ4n) is 4.19. The number of allylic oxidation sites excluding steroid dienone is 1. The molecule has 0 bridgehead atoms. The predicted octanol–water partition coefficient (Wildman–Crippen LogP) is 6.03. The molecule has 5 rings (SSSR count). The van der Waals surface area contributed by atoms with Crippen molar-refractivity contribution < 1.29 is 22.8 Å². The minimum Gasteiger partial charge on any atom is -0.497 e. The van der Waals surface area contributed by atoms with Gasteiger partial charge in [0.25, 0.3) is 5.89 Å². The molecule has 1 unspecified atom stereocenters. The molecule has 1 aliphatic rings. The Morgan fingerprint density at radius 1 is 1.00 bits per heavy atom. The monoisotopic (exact) mass is 488 g/mol. The average molecular weight is 488 g/mol. The van der Waals surface area contributed by atoms with Crippen molar-refractivity contribution in [3.8, 4) is 17.1 Å². The van der Waals surface area contributed by atoms with Crippen molar-refractivity contribution in [3.63, 3.8) is 0 Å². The van der Waals surface area contributed by atoms with Crippen LogP contribution in [0.5, 0.6) is 5.75 Å². The second kappa shape index (κ2) is 9.26. The summed E-state index contributed by atoms with van der Waals surface area (Å²) in [5, 5.41) is 7.08. The molecule has 0 fully saturated rings. The Morgan fingerprint density at radius 2 is 1.72 bits per heavy atom. The van der Waals surface area contributed by atoms with Gasteiger partial charge in [0.05, 0.1) is 24.4 Å². The molecule has 3 aromatic carbocycles. The van der Waals surface area contributed by atoms with E-state index in [2.05, 4.69) is 15.5 Å². The van der Waals surface area contributed by atoms with Crippen molar-refractivity contribution in [1.82, 2.24) is 15.5 Å². The normalized spacial score (nSPS) is 15.8. The van der Waals surface area contributed by atoms with Crippen LogP contribution in [0.1, 0.15) is 30.0 Å². The van der Waals surface area contributed by atoms with Crippen LogP contribution >= 0.6 is 0 Å².